The van der Waals surface area contributed by atoms with E-state index < -0.39 is 4.92 Å². The number of hydrogen-bond donors (Lipinski definition) is 1. The van der Waals surface area contributed by atoms with Gasteiger partial charge in [0.05, 0.1) is 11.1 Å². The molecule has 0 spiro atoms. The summed E-state index contributed by atoms with van der Waals surface area (Å²) >= 11 is 0. The molecule has 0 heterocycles. The van der Waals surface area contributed by atoms with Crippen molar-refractivity contribution in [3.63, 3.8) is 0 Å². The first-order valence-electron chi connectivity index (χ1n) is 3.81. The molecule has 78 valence electrons. The van der Waals surface area contributed by atoms with Crippen LogP contribution in [-0.2, 0) is 4.79 Å². The topological polar surface area (TPSA) is 83.7 Å². The number of rotatable bonds is 4. The summed E-state index contributed by atoms with van der Waals surface area (Å²) < 4.78 is 0. The minimum absolute atomic E-state index is 0.0306. The summed E-state index contributed by atoms with van der Waals surface area (Å²) in [5, 5.41) is 19.1. The Bertz CT molecular complexity index is 302. The number of nitro groups is 1. The summed E-state index contributed by atoms with van der Waals surface area (Å²) in [6, 6.07) is 0. The first-order chi connectivity index (χ1) is 6.36. The Balaban J connectivity index is 4.81. The minimum atomic E-state index is -0.652. The van der Waals surface area contributed by atoms with Gasteiger partial charge in [-0.2, -0.15) is 0 Å². The molecule has 0 aromatic rings. The van der Waals surface area contributed by atoms with E-state index in [0.717, 1.165) is 6.20 Å². The normalized spacial score (nSPS) is 12.5. The first kappa shape index (κ1) is 12.2. The van der Waals surface area contributed by atoms with Crippen LogP contribution >= 0.6 is 0 Å². The molecule has 6 heteroatoms. The monoisotopic (exact) mass is 200 g/mol. The molecule has 0 saturated heterocycles. The van der Waals surface area contributed by atoms with Crippen LogP contribution < -0.4 is 0 Å². The van der Waals surface area contributed by atoms with Crippen LogP contribution in [0.1, 0.15) is 13.8 Å². The van der Waals surface area contributed by atoms with Crippen molar-refractivity contribution in [1.29, 1.82) is 0 Å². The lowest BCUT2D eigenvalue weighted by Gasteiger charge is -2.14. The Hall–Kier alpha value is -1.85. The molecule has 1 N–H and O–H groups in total. The van der Waals surface area contributed by atoms with Gasteiger partial charge in [0.15, 0.2) is 5.78 Å². The highest BCUT2D eigenvalue weighted by molar-refractivity contribution is 5.93. The third-order valence-electron chi connectivity index (χ3n) is 1.44. The number of nitrogens with zero attached hydrogens (tertiary/aromatic N) is 2. The lowest BCUT2D eigenvalue weighted by Crippen LogP contribution is -2.18. The summed E-state index contributed by atoms with van der Waals surface area (Å²) in [6.45, 7) is 2.61. The highest BCUT2D eigenvalue weighted by Crippen LogP contribution is 2.07. The highest BCUT2D eigenvalue weighted by atomic mass is 16.6. The predicted octanol–water partition coefficient (Wildman–Crippen LogP) is 1.04. The number of aliphatic hydroxyl groups is 1. The van der Waals surface area contributed by atoms with Gasteiger partial charge in [-0.3, -0.25) is 14.9 Å². The van der Waals surface area contributed by atoms with Gasteiger partial charge in [-0.15, -0.1) is 0 Å². The molecule has 0 aliphatic rings. The number of carbonyl (C=O) groups is 1. The van der Waals surface area contributed by atoms with E-state index in [0.29, 0.717) is 6.20 Å². The Morgan fingerprint density at radius 3 is 2.29 bits per heavy atom. The number of aliphatic hydroxyl groups excluding tert-OH is 1. The fourth-order valence-corrected chi connectivity index (χ4v) is 0.987. The SMILES string of the molecule is CC(=O)/C(=C(\C)O)N(C)/C=C/[N+](=O)[O-]. The lowest BCUT2D eigenvalue weighted by molar-refractivity contribution is -0.403. The zero-order valence-electron chi connectivity index (χ0n) is 8.22. The molecular weight excluding hydrogens is 188 g/mol. The molecule has 0 saturated carbocycles. The second kappa shape index (κ2) is 5.00. The Kier molecular flexibility index (Phi) is 4.34. The summed E-state index contributed by atoms with van der Waals surface area (Å²) in [6.07, 6.45) is 1.78. The average Bonchev–Trinajstić information content (AvgIpc) is 1.99. The van der Waals surface area contributed by atoms with Crippen molar-refractivity contribution >= 4 is 5.78 Å². The van der Waals surface area contributed by atoms with E-state index in [2.05, 4.69) is 0 Å². The smallest absolute Gasteiger partial charge is 0.250 e. The van der Waals surface area contributed by atoms with Crippen LogP contribution in [0, 0.1) is 10.1 Å². The van der Waals surface area contributed by atoms with Crippen molar-refractivity contribution in [2.24, 2.45) is 0 Å². The fourth-order valence-electron chi connectivity index (χ4n) is 0.987. The zero-order chi connectivity index (χ0) is 11.3. The number of likely N-dealkylation sites (N-methyl/N-ethyl adjacent to an activating group) is 1. The minimum Gasteiger partial charge on any atom is -0.510 e. The maximum atomic E-state index is 11.0. The molecule has 0 aliphatic heterocycles. The molecule has 0 rings (SSSR count). The average molecular weight is 200 g/mol. The molecule has 0 atom stereocenters. The van der Waals surface area contributed by atoms with Crippen LogP contribution in [0.2, 0.25) is 0 Å². The predicted molar refractivity (Wildman–Crippen MR) is 49.9 cm³/mol. The molecule has 0 unspecified atom stereocenters. The molecule has 0 fully saturated rings. The molecule has 0 aromatic carbocycles. The number of ketones is 1. The van der Waals surface area contributed by atoms with E-state index in [9.17, 15) is 14.9 Å². The summed E-state index contributed by atoms with van der Waals surface area (Å²) in [4.78, 5) is 21.5. The van der Waals surface area contributed by atoms with Gasteiger partial charge in [0, 0.05) is 14.0 Å². The van der Waals surface area contributed by atoms with Gasteiger partial charge < -0.3 is 10.0 Å². The molecule has 0 amide bonds. The second-order valence-corrected chi connectivity index (χ2v) is 2.68. The van der Waals surface area contributed by atoms with Gasteiger partial charge >= 0.3 is 0 Å². The maximum Gasteiger partial charge on any atom is 0.250 e. The molecule has 14 heavy (non-hydrogen) atoms. The van der Waals surface area contributed by atoms with Crippen LogP contribution in [0.15, 0.2) is 23.9 Å². The van der Waals surface area contributed by atoms with Gasteiger partial charge in [-0.1, -0.05) is 0 Å². The van der Waals surface area contributed by atoms with Gasteiger partial charge in [-0.05, 0) is 6.92 Å². The molecule has 0 aliphatic carbocycles. The van der Waals surface area contributed by atoms with Gasteiger partial charge in [0.25, 0.3) is 6.20 Å². The highest BCUT2D eigenvalue weighted by Gasteiger charge is 2.11. The Morgan fingerprint density at radius 2 is 2.00 bits per heavy atom. The number of Topliss-reactive ketones (excluding diaryl/α,β-unsaturated/α-hetero) is 1. The largest absolute Gasteiger partial charge is 0.510 e. The van der Waals surface area contributed by atoms with Gasteiger partial charge in [0.2, 0.25) is 0 Å². The van der Waals surface area contributed by atoms with E-state index in [4.69, 9.17) is 5.11 Å². The standard InChI is InChI=1S/C8H12N2O4/c1-6(11)8(7(2)12)9(3)4-5-10(13)14/h4-5,11H,1-3H3/b5-4+,8-6-. The Labute approximate surface area is 81.3 Å². The van der Waals surface area contributed by atoms with E-state index in [-0.39, 0.29) is 17.2 Å². The van der Waals surface area contributed by atoms with E-state index in [1.165, 1.54) is 25.8 Å². The molecule has 6 nitrogen and oxygen atoms in total. The van der Waals surface area contributed by atoms with Crippen molar-refractivity contribution in [2.75, 3.05) is 7.05 Å². The van der Waals surface area contributed by atoms with Crippen molar-refractivity contribution < 1.29 is 14.8 Å². The quantitative estimate of drug-likeness (QED) is 0.317. The van der Waals surface area contributed by atoms with Crippen LogP contribution in [0.5, 0.6) is 0 Å². The van der Waals surface area contributed by atoms with Gasteiger partial charge in [-0.25, -0.2) is 0 Å². The van der Waals surface area contributed by atoms with Crippen molar-refractivity contribution in [3.05, 3.63) is 34.0 Å². The Morgan fingerprint density at radius 1 is 1.50 bits per heavy atom. The third kappa shape index (κ3) is 3.70. The van der Waals surface area contributed by atoms with Gasteiger partial charge in [0.1, 0.15) is 11.5 Å². The molecule has 0 aromatic heterocycles. The molecule has 0 radical (unpaired) electrons. The van der Waals surface area contributed by atoms with Crippen LogP contribution in [-0.4, -0.2) is 27.8 Å². The summed E-state index contributed by atoms with van der Waals surface area (Å²) in [5.74, 6) is -0.534. The molecular formula is C8H12N2O4. The van der Waals surface area contributed by atoms with Crippen LogP contribution in [0.25, 0.3) is 0 Å². The third-order valence-corrected chi connectivity index (χ3v) is 1.44. The number of hydrogen-bond acceptors (Lipinski definition) is 5. The molecule has 0 bridgehead atoms. The van der Waals surface area contributed by atoms with Crippen molar-refractivity contribution in [1.82, 2.24) is 4.90 Å². The summed E-state index contributed by atoms with van der Waals surface area (Å²) in [5.41, 5.74) is 0.0306. The fraction of sp³-hybridized carbons (Fsp3) is 0.375. The van der Waals surface area contributed by atoms with Crippen molar-refractivity contribution in [3.8, 4) is 0 Å². The number of allylic oxidation sites excluding steroid dienone is 2. The number of carbonyl (C=O) groups excluding carboxylic acids is 1. The van der Waals surface area contributed by atoms with Crippen molar-refractivity contribution in [2.45, 2.75) is 13.8 Å². The van der Waals surface area contributed by atoms with E-state index in [1.54, 1.807) is 0 Å². The first-order valence-corrected chi connectivity index (χ1v) is 3.81. The summed E-state index contributed by atoms with van der Waals surface area (Å²) in [7, 11) is 1.44. The van der Waals surface area contributed by atoms with E-state index in [1.807, 2.05) is 0 Å². The zero-order valence-corrected chi connectivity index (χ0v) is 8.22. The maximum absolute atomic E-state index is 11.0. The van der Waals surface area contributed by atoms with E-state index >= 15 is 0 Å². The lowest BCUT2D eigenvalue weighted by atomic mass is 10.2. The van der Waals surface area contributed by atoms with Crippen LogP contribution in [0.4, 0.5) is 0 Å². The second-order valence-electron chi connectivity index (χ2n) is 2.68. The van der Waals surface area contributed by atoms with Crippen LogP contribution in [0.3, 0.4) is 0 Å².